The van der Waals surface area contributed by atoms with Crippen LogP contribution in [0, 0.1) is 0 Å². The lowest BCUT2D eigenvalue weighted by Gasteiger charge is -2.35. The summed E-state index contributed by atoms with van der Waals surface area (Å²) in [5.74, 6) is 4.02. The van der Waals surface area contributed by atoms with Gasteiger partial charge in [-0.15, -0.1) is 0 Å². The maximum Gasteiger partial charge on any atom is 0.165 e. The Balaban J connectivity index is 1.48. The Morgan fingerprint density at radius 1 is 0.538 bits per heavy atom. The molecule has 0 radical (unpaired) electrons. The first-order chi connectivity index (χ1) is 19.0. The SMILES string of the molecule is COc1ccc(/C=C/c2ccc3c(c2)OC(c2ccc(O)cc2)C(c2ccc(OC)c(OC)c2)O3)cc1OC. The molecule has 4 aromatic rings. The maximum absolute atomic E-state index is 9.85. The number of hydrogen-bond acceptors (Lipinski definition) is 7. The Morgan fingerprint density at radius 2 is 1.05 bits per heavy atom. The molecule has 2 unspecified atom stereocenters. The fraction of sp³-hybridized carbons (Fsp3) is 0.188. The third-order valence-electron chi connectivity index (χ3n) is 6.58. The van der Waals surface area contributed by atoms with Gasteiger partial charge in [-0.1, -0.05) is 42.5 Å². The monoisotopic (exact) mass is 526 g/mol. The third kappa shape index (κ3) is 5.43. The van der Waals surface area contributed by atoms with Gasteiger partial charge in [0.2, 0.25) is 0 Å². The largest absolute Gasteiger partial charge is 0.508 e. The van der Waals surface area contributed by atoms with Crippen LogP contribution in [0.4, 0.5) is 0 Å². The first-order valence-corrected chi connectivity index (χ1v) is 12.4. The number of methoxy groups -OCH3 is 4. The van der Waals surface area contributed by atoms with E-state index in [1.165, 1.54) is 0 Å². The lowest BCUT2D eigenvalue weighted by atomic mass is 9.96. The zero-order valence-electron chi connectivity index (χ0n) is 22.2. The molecule has 0 saturated carbocycles. The summed E-state index contributed by atoms with van der Waals surface area (Å²) < 4.78 is 34.8. The zero-order valence-corrected chi connectivity index (χ0v) is 22.2. The van der Waals surface area contributed by atoms with E-state index in [0.717, 1.165) is 22.3 Å². The van der Waals surface area contributed by atoms with E-state index < -0.39 is 12.2 Å². The van der Waals surface area contributed by atoms with E-state index in [2.05, 4.69) is 0 Å². The lowest BCUT2D eigenvalue weighted by molar-refractivity contribution is 0.0182. The van der Waals surface area contributed by atoms with Crippen molar-refractivity contribution >= 4 is 12.2 Å². The number of aromatic hydroxyl groups is 1. The van der Waals surface area contributed by atoms with Gasteiger partial charge in [-0.3, -0.25) is 0 Å². The highest BCUT2D eigenvalue weighted by Gasteiger charge is 2.35. The van der Waals surface area contributed by atoms with Crippen LogP contribution in [0.15, 0.2) is 78.9 Å². The molecule has 1 N–H and O–H groups in total. The van der Waals surface area contributed by atoms with Gasteiger partial charge >= 0.3 is 0 Å². The second-order valence-electron chi connectivity index (χ2n) is 8.94. The first-order valence-electron chi connectivity index (χ1n) is 12.4. The fourth-order valence-corrected chi connectivity index (χ4v) is 4.54. The van der Waals surface area contributed by atoms with Gasteiger partial charge < -0.3 is 33.5 Å². The van der Waals surface area contributed by atoms with Crippen molar-refractivity contribution in [1.82, 2.24) is 0 Å². The maximum atomic E-state index is 9.85. The molecule has 7 heteroatoms. The van der Waals surface area contributed by atoms with Crippen molar-refractivity contribution in [2.45, 2.75) is 12.2 Å². The summed E-state index contributed by atoms with van der Waals surface area (Å²) >= 11 is 0. The molecule has 1 heterocycles. The van der Waals surface area contributed by atoms with Gasteiger partial charge in [0.05, 0.1) is 28.4 Å². The van der Waals surface area contributed by atoms with E-state index in [4.69, 9.17) is 28.4 Å². The Labute approximate surface area is 227 Å². The highest BCUT2D eigenvalue weighted by atomic mass is 16.6. The van der Waals surface area contributed by atoms with Crippen LogP contribution in [0.2, 0.25) is 0 Å². The minimum absolute atomic E-state index is 0.182. The molecule has 7 nitrogen and oxygen atoms in total. The molecule has 0 aromatic heterocycles. The van der Waals surface area contributed by atoms with Gasteiger partial charge in [0.15, 0.2) is 46.7 Å². The summed E-state index contributed by atoms with van der Waals surface area (Å²) in [5.41, 5.74) is 3.65. The number of rotatable bonds is 8. The molecule has 4 aromatic carbocycles. The molecule has 39 heavy (non-hydrogen) atoms. The van der Waals surface area contributed by atoms with E-state index in [1.807, 2.05) is 78.9 Å². The van der Waals surface area contributed by atoms with E-state index in [9.17, 15) is 5.11 Å². The number of ether oxygens (including phenoxy) is 6. The second kappa shape index (κ2) is 11.3. The summed E-state index contributed by atoms with van der Waals surface area (Å²) in [7, 11) is 6.43. The van der Waals surface area contributed by atoms with Gasteiger partial charge in [-0.25, -0.2) is 0 Å². The van der Waals surface area contributed by atoms with Gasteiger partial charge in [0.25, 0.3) is 0 Å². The highest BCUT2D eigenvalue weighted by molar-refractivity contribution is 5.72. The van der Waals surface area contributed by atoms with E-state index >= 15 is 0 Å². The van der Waals surface area contributed by atoms with Crippen LogP contribution in [-0.2, 0) is 0 Å². The molecule has 2 atom stereocenters. The number of fused-ring (bicyclic) bond motifs is 1. The molecule has 0 bridgehead atoms. The Hall–Kier alpha value is -4.78. The number of benzene rings is 4. The highest BCUT2D eigenvalue weighted by Crippen LogP contribution is 2.47. The molecule has 1 aliphatic rings. The average Bonchev–Trinajstić information content (AvgIpc) is 2.99. The van der Waals surface area contributed by atoms with Crippen LogP contribution < -0.4 is 28.4 Å². The summed E-state index contributed by atoms with van der Waals surface area (Å²) in [6.45, 7) is 0. The molecular formula is C32H30O7. The smallest absolute Gasteiger partial charge is 0.165 e. The predicted molar refractivity (Wildman–Crippen MR) is 149 cm³/mol. The molecule has 0 fully saturated rings. The van der Waals surface area contributed by atoms with Gasteiger partial charge in [0, 0.05) is 5.56 Å². The summed E-state index contributed by atoms with van der Waals surface area (Å²) in [4.78, 5) is 0. The summed E-state index contributed by atoms with van der Waals surface area (Å²) in [6.07, 6.45) is 3.06. The van der Waals surface area contributed by atoms with Gasteiger partial charge in [-0.2, -0.15) is 0 Å². The van der Waals surface area contributed by atoms with Crippen LogP contribution in [0.1, 0.15) is 34.5 Å². The Morgan fingerprint density at radius 3 is 1.72 bits per heavy atom. The van der Waals surface area contributed by atoms with Crippen LogP contribution in [-0.4, -0.2) is 33.5 Å². The molecule has 0 aliphatic carbocycles. The van der Waals surface area contributed by atoms with Gasteiger partial charge in [0.1, 0.15) is 5.75 Å². The molecule has 0 spiro atoms. The van der Waals surface area contributed by atoms with E-state index in [0.29, 0.717) is 34.5 Å². The van der Waals surface area contributed by atoms with Crippen LogP contribution in [0.3, 0.4) is 0 Å². The normalized spacial score (nSPS) is 16.1. The first kappa shape index (κ1) is 25.9. The van der Waals surface area contributed by atoms with Crippen LogP contribution in [0.5, 0.6) is 40.2 Å². The van der Waals surface area contributed by atoms with E-state index in [1.54, 1.807) is 40.6 Å². The van der Waals surface area contributed by atoms with E-state index in [-0.39, 0.29) is 5.75 Å². The topological polar surface area (TPSA) is 75.6 Å². The van der Waals surface area contributed by atoms with Crippen molar-refractivity contribution in [3.8, 4) is 40.2 Å². The van der Waals surface area contributed by atoms with Crippen molar-refractivity contribution in [2.75, 3.05) is 28.4 Å². The molecule has 0 saturated heterocycles. The second-order valence-corrected chi connectivity index (χ2v) is 8.94. The quantitative estimate of drug-likeness (QED) is 0.252. The lowest BCUT2D eigenvalue weighted by Crippen LogP contribution is -2.26. The standard InChI is InChI=1S/C32H30O7/c1-34-25-14-7-20(17-28(25)36-3)5-6-21-8-15-27-30(18-21)39-31(22-9-12-24(33)13-10-22)32(38-27)23-11-16-26(35-2)29(19-23)37-4/h5-19,31-33H,1-4H3/b6-5+. The van der Waals surface area contributed by atoms with Crippen molar-refractivity contribution in [1.29, 1.82) is 0 Å². The number of phenolic OH excluding ortho intramolecular Hbond substituents is 1. The summed E-state index contributed by atoms with van der Waals surface area (Å²) in [5, 5.41) is 9.85. The molecule has 200 valence electrons. The molecule has 0 amide bonds. The Kier molecular flexibility index (Phi) is 7.50. The Bertz CT molecular complexity index is 1480. The molecular weight excluding hydrogens is 496 g/mol. The predicted octanol–water partition coefficient (Wildman–Crippen LogP) is 6.85. The van der Waals surface area contributed by atoms with Crippen molar-refractivity contribution < 1.29 is 33.5 Å². The van der Waals surface area contributed by atoms with Crippen LogP contribution >= 0.6 is 0 Å². The van der Waals surface area contributed by atoms with Gasteiger partial charge in [-0.05, 0) is 65.2 Å². The minimum atomic E-state index is -0.471. The third-order valence-corrected chi connectivity index (χ3v) is 6.58. The fourth-order valence-electron chi connectivity index (χ4n) is 4.54. The molecule has 1 aliphatic heterocycles. The number of phenols is 1. The summed E-state index contributed by atoms with van der Waals surface area (Å²) in [6, 6.07) is 24.2. The van der Waals surface area contributed by atoms with Crippen molar-refractivity contribution in [2.24, 2.45) is 0 Å². The minimum Gasteiger partial charge on any atom is -0.508 e. The van der Waals surface area contributed by atoms with Crippen molar-refractivity contribution in [3.63, 3.8) is 0 Å². The molecule has 5 rings (SSSR count). The van der Waals surface area contributed by atoms with Crippen LogP contribution in [0.25, 0.3) is 12.2 Å². The average molecular weight is 527 g/mol. The zero-order chi connectivity index (χ0) is 27.4. The van der Waals surface area contributed by atoms with Crippen molar-refractivity contribution in [3.05, 3.63) is 101 Å². The number of hydrogen-bond donors (Lipinski definition) is 1.